The van der Waals surface area contributed by atoms with Gasteiger partial charge in [-0.1, -0.05) is 60.1 Å². The van der Waals surface area contributed by atoms with Crippen molar-refractivity contribution in [2.75, 3.05) is 13.2 Å². The molecule has 7 aliphatic rings. The Labute approximate surface area is 330 Å². The summed E-state index contributed by atoms with van der Waals surface area (Å²) in [6.45, 7) is 15.2. The summed E-state index contributed by atoms with van der Waals surface area (Å²) >= 11 is 0. The van der Waals surface area contributed by atoms with Crippen LogP contribution in [0.3, 0.4) is 0 Å². The molecular weight excluding hydrogens is 728 g/mol. The largest absolute Gasteiger partial charge is 0.479 e. The van der Waals surface area contributed by atoms with Gasteiger partial charge in [0, 0.05) is 10.8 Å². The summed E-state index contributed by atoms with van der Waals surface area (Å²) in [5.74, 6) is -0.954. The topological polar surface area (TPSA) is 236 Å². The maximum atomic E-state index is 12.2. The third-order valence-electron chi connectivity index (χ3n) is 17.4. The first-order valence-electron chi connectivity index (χ1n) is 20.9. The Bertz CT molecular complexity index is 1520. The fraction of sp³-hybridized carbons (Fsp3) is 0.929. The minimum Gasteiger partial charge on any atom is -0.479 e. The lowest BCUT2D eigenvalue weighted by atomic mass is 9.33. The zero-order valence-corrected chi connectivity index (χ0v) is 34.1. The first-order chi connectivity index (χ1) is 26.0. The molecule has 5 aliphatic carbocycles. The van der Waals surface area contributed by atoms with E-state index in [-0.39, 0.29) is 45.7 Å². The van der Waals surface area contributed by atoms with Crippen LogP contribution in [-0.2, 0) is 23.7 Å². The van der Waals surface area contributed by atoms with Crippen molar-refractivity contribution in [1.82, 2.24) is 0 Å². The Balaban J connectivity index is 1.17. The van der Waals surface area contributed by atoms with Gasteiger partial charge in [0.25, 0.3) is 0 Å². The lowest BCUT2D eigenvalue weighted by Gasteiger charge is -2.72. The third-order valence-corrected chi connectivity index (χ3v) is 17.4. The van der Waals surface area contributed by atoms with Crippen molar-refractivity contribution >= 4 is 5.97 Å². The van der Waals surface area contributed by atoms with Crippen LogP contribution in [0.2, 0.25) is 0 Å². The van der Waals surface area contributed by atoms with E-state index in [9.17, 15) is 50.8 Å². The van der Waals surface area contributed by atoms with Gasteiger partial charge in [0.15, 0.2) is 18.7 Å². The van der Waals surface area contributed by atoms with Crippen LogP contribution in [0.4, 0.5) is 0 Å². The number of ether oxygens (including phenoxy) is 4. The van der Waals surface area contributed by atoms with E-state index < -0.39 is 85.5 Å². The van der Waals surface area contributed by atoms with Crippen LogP contribution in [0.15, 0.2) is 11.6 Å². The minimum atomic E-state index is -1.97. The molecule has 0 aromatic rings. The van der Waals surface area contributed by atoms with Gasteiger partial charge in [-0.3, -0.25) is 0 Å². The number of fused-ring (bicyclic) bond motifs is 7. The molecule has 320 valence electrons. The SMILES string of the molecule is CC1(C)CC(O)C2(C)CCC3(C)C(=CCC4C5(C)CCC(OC6OC(C(=O)O)C(O)C(O)C6OC6OC(CO)C(O)C(O)C6O)C(C)(CO)C5CCC43C)C2C1. The molecule has 9 N–H and O–H groups in total. The molecule has 0 aromatic heterocycles. The molecule has 0 bridgehead atoms. The molecule has 6 fully saturated rings. The Kier molecular flexibility index (Phi) is 11.0. The van der Waals surface area contributed by atoms with Gasteiger partial charge in [0.05, 0.1) is 25.4 Å². The van der Waals surface area contributed by atoms with Crippen LogP contribution in [0.1, 0.15) is 106 Å². The van der Waals surface area contributed by atoms with E-state index in [1.54, 1.807) is 0 Å². The number of allylic oxidation sites excluding steroid dienone is 2. The van der Waals surface area contributed by atoms with Crippen LogP contribution in [0.5, 0.6) is 0 Å². The van der Waals surface area contributed by atoms with Crippen molar-refractivity contribution in [3.05, 3.63) is 11.6 Å². The molecule has 20 atom stereocenters. The van der Waals surface area contributed by atoms with Gasteiger partial charge in [-0.2, -0.15) is 0 Å². The van der Waals surface area contributed by atoms with E-state index >= 15 is 0 Å². The molecule has 0 spiro atoms. The molecule has 2 saturated heterocycles. The molecular formula is C42H68O14. The lowest BCUT2D eigenvalue weighted by Crippen LogP contribution is -2.68. The van der Waals surface area contributed by atoms with Gasteiger partial charge in [0.2, 0.25) is 0 Å². The quantitative estimate of drug-likeness (QED) is 0.132. The van der Waals surface area contributed by atoms with Crippen molar-refractivity contribution < 1.29 is 69.7 Å². The number of aliphatic carboxylic acids is 1. The lowest BCUT2D eigenvalue weighted by molar-refractivity contribution is -0.375. The van der Waals surface area contributed by atoms with E-state index in [1.807, 2.05) is 6.92 Å². The molecule has 0 aromatic carbocycles. The zero-order valence-electron chi connectivity index (χ0n) is 34.1. The van der Waals surface area contributed by atoms with Crippen LogP contribution >= 0.6 is 0 Å². The molecule has 20 unspecified atom stereocenters. The second kappa shape index (κ2) is 14.4. The summed E-state index contributed by atoms with van der Waals surface area (Å²) < 4.78 is 23.8. The number of aliphatic hydroxyl groups excluding tert-OH is 8. The predicted octanol–water partition coefficient (Wildman–Crippen LogP) is 1.85. The Morgan fingerprint density at radius 1 is 0.750 bits per heavy atom. The normalized spacial score (nSPS) is 55.5. The standard InChI is InChI=1S/C42H68O14/c1-37(2)16-21-20-8-9-24-39(4)12-11-26(40(5,19-44)23(39)10-13-42(24,7)41(20,6)15-14-38(21,3)25(45)17-37)54-36-33(30(49)29(48)32(55-36)34(51)52)56-35-31(50)28(47)27(46)22(18-43)53-35/h8,21-33,35-36,43-50H,9-19H2,1-7H3,(H,51,52). The number of hydrogen-bond acceptors (Lipinski definition) is 13. The van der Waals surface area contributed by atoms with Gasteiger partial charge in [-0.15, -0.1) is 0 Å². The average Bonchev–Trinajstić information content (AvgIpc) is 3.13. The smallest absolute Gasteiger partial charge is 0.335 e. The van der Waals surface area contributed by atoms with Crippen molar-refractivity contribution in [2.24, 2.45) is 50.2 Å². The van der Waals surface area contributed by atoms with Crippen LogP contribution in [0, 0.1) is 50.2 Å². The number of carbonyl (C=O) groups is 1. The van der Waals surface area contributed by atoms with Gasteiger partial charge in [-0.05, 0) is 97.2 Å². The first-order valence-corrected chi connectivity index (χ1v) is 20.9. The van der Waals surface area contributed by atoms with E-state index in [0.717, 1.165) is 51.4 Å². The number of carboxylic acids is 1. The summed E-state index contributed by atoms with van der Waals surface area (Å²) in [7, 11) is 0. The second-order valence-corrected chi connectivity index (χ2v) is 20.8. The van der Waals surface area contributed by atoms with Gasteiger partial charge < -0.3 is 64.9 Å². The summed E-state index contributed by atoms with van der Waals surface area (Å²) in [6.07, 6.45) is -8.23. The first kappa shape index (κ1) is 42.8. The molecule has 56 heavy (non-hydrogen) atoms. The highest BCUT2D eigenvalue weighted by Crippen LogP contribution is 2.76. The number of hydrogen-bond donors (Lipinski definition) is 9. The molecule has 0 radical (unpaired) electrons. The zero-order chi connectivity index (χ0) is 41.1. The summed E-state index contributed by atoms with van der Waals surface area (Å²) in [5, 5.41) is 96.0. The maximum Gasteiger partial charge on any atom is 0.335 e. The number of rotatable bonds is 7. The molecule has 0 amide bonds. The van der Waals surface area contributed by atoms with E-state index in [1.165, 1.54) is 5.57 Å². The van der Waals surface area contributed by atoms with Gasteiger partial charge in [0.1, 0.15) is 42.7 Å². The molecule has 14 nitrogen and oxygen atoms in total. The van der Waals surface area contributed by atoms with Crippen LogP contribution in [-0.4, -0.2) is 139 Å². The van der Waals surface area contributed by atoms with Crippen LogP contribution in [0.25, 0.3) is 0 Å². The molecule has 4 saturated carbocycles. The molecule has 14 heteroatoms. The fourth-order valence-electron chi connectivity index (χ4n) is 13.7. The van der Waals surface area contributed by atoms with Crippen LogP contribution < -0.4 is 0 Å². The van der Waals surface area contributed by atoms with Crippen molar-refractivity contribution in [3.8, 4) is 0 Å². The highest BCUT2D eigenvalue weighted by Gasteiger charge is 2.69. The molecule has 2 aliphatic heterocycles. The molecule has 7 rings (SSSR count). The highest BCUT2D eigenvalue weighted by molar-refractivity contribution is 5.73. The van der Waals surface area contributed by atoms with Crippen molar-refractivity contribution in [1.29, 1.82) is 0 Å². The average molecular weight is 797 g/mol. The Morgan fingerprint density at radius 3 is 2.09 bits per heavy atom. The summed E-state index contributed by atoms with van der Waals surface area (Å²) in [4.78, 5) is 12.2. The highest BCUT2D eigenvalue weighted by atomic mass is 16.8. The predicted molar refractivity (Wildman–Crippen MR) is 199 cm³/mol. The van der Waals surface area contributed by atoms with Gasteiger partial charge in [-0.25, -0.2) is 4.79 Å². The monoisotopic (exact) mass is 796 g/mol. The molecule has 2 heterocycles. The summed E-state index contributed by atoms with van der Waals surface area (Å²) in [5.41, 5.74) is 0.271. The Morgan fingerprint density at radius 2 is 1.45 bits per heavy atom. The minimum absolute atomic E-state index is 0.0149. The van der Waals surface area contributed by atoms with Gasteiger partial charge >= 0.3 is 5.97 Å². The van der Waals surface area contributed by atoms with E-state index in [2.05, 4.69) is 47.6 Å². The summed E-state index contributed by atoms with van der Waals surface area (Å²) in [6, 6.07) is 0. The number of carboxylic acid groups (broad SMARTS) is 1. The Hall–Kier alpha value is -1.27. The van der Waals surface area contributed by atoms with E-state index in [0.29, 0.717) is 18.3 Å². The van der Waals surface area contributed by atoms with Crippen molar-refractivity contribution in [2.45, 2.75) is 180 Å². The maximum absolute atomic E-state index is 12.2. The van der Waals surface area contributed by atoms with Crippen molar-refractivity contribution in [3.63, 3.8) is 0 Å². The third kappa shape index (κ3) is 6.21. The number of aliphatic hydroxyl groups is 8. The fourth-order valence-corrected chi connectivity index (χ4v) is 13.7. The second-order valence-electron chi connectivity index (χ2n) is 20.8. The van der Waals surface area contributed by atoms with E-state index in [4.69, 9.17) is 18.9 Å².